The van der Waals surface area contributed by atoms with E-state index in [1.54, 1.807) is 0 Å². The molecule has 0 saturated heterocycles. The zero-order valence-corrected chi connectivity index (χ0v) is 10.8. The van der Waals surface area contributed by atoms with Crippen molar-refractivity contribution < 1.29 is 0 Å². The van der Waals surface area contributed by atoms with Crippen LogP contribution in [-0.2, 0) is 0 Å². The van der Waals surface area contributed by atoms with Gasteiger partial charge in [0.05, 0.1) is 10.3 Å². The quantitative estimate of drug-likeness (QED) is 0.717. The van der Waals surface area contributed by atoms with Gasteiger partial charge in [0.2, 0.25) is 0 Å². The summed E-state index contributed by atoms with van der Waals surface area (Å²) >= 11 is 3.56. The van der Waals surface area contributed by atoms with Gasteiger partial charge in [0.15, 0.2) is 0 Å². The highest BCUT2D eigenvalue weighted by Crippen LogP contribution is 2.32. The lowest BCUT2D eigenvalue weighted by atomic mass is 9.87. The topological polar surface area (TPSA) is 17.3 Å². The molecule has 0 spiro atoms. The molecule has 0 N–H and O–H groups in total. The van der Waals surface area contributed by atoms with E-state index < -0.39 is 0 Å². The van der Waals surface area contributed by atoms with Gasteiger partial charge in [-0.2, -0.15) is 0 Å². The number of halogens is 1. The molecule has 2 aromatic rings. The number of nitrogens with zero attached hydrogens (tertiary/aromatic N) is 2. The van der Waals surface area contributed by atoms with E-state index >= 15 is 0 Å². The number of pyridine rings is 1. The summed E-state index contributed by atoms with van der Waals surface area (Å²) in [5, 5.41) is 0. The van der Waals surface area contributed by atoms with E-state index in [0.29, 0.717) is 5.92 Å². The standard InChI is InChI=1S/C13H15BrN2/c14-12-7-4-8-13-15-11(9-16(12)13)10-5-2-1-3-6-10/h4,7-10H,1-3,5-6H2. The molecule has 1 aliphatic carbocycles. The maximum absolute atomic E-state index is 4.73. The van der Waals surface area contributed by atoms with Crippen LogP contribution in [-0.4, -0.2) is 9.38 Å². The summed E-state index contributed by atoms with van der Waals surface area (Å²) in [6.45, 7) is 0. The fourth-order valence-corrected chi connectivity index (χ4v) is 3.03. The second kappa shape index (κ2) is 4.21. The summed E-state index contributed by atoms with van der Waals surface area (Å²) in [4.78, 5) is 4.73. The summed E-state index contributed by atoms with van der Waals surface area (Å²) in [7, 11) is 0. The van der Waals surface area contributed by atoms with Gasteiger partial charge < -0.3 is 0 Å². The molecule has 0 bridgehead atoms. The van der Waals surface area contributed by atoms with Crippen LogP contribution in [0.3, 0.4) is 0 Å². The SMILES string of the molecule is Brc1cccc2nc(C3CCCCC3)cn12. The molecule has 0 amide bonds. The largest absolute Gasteiger partial charge is 0.294 e. The van der Waals surface area contributed by atoms with Gasteiger partial charge in [-0.05, 0) is 40.9 Å². The monoisotopic (exact) mass is 278 g/mol. The number of hydrogen-bond acceptors (Lipinski definition) is 1. The summed E-state index contributed by atoms with van der Waals surface area (Å²) < 4.78 is 3.21. The van der Waals surface area contributed by atoms with Crippen molar-refractivity contribution in [3.05, 3.63) is 34.7 Å². The van der Waals surface area contributed by atoms with Gasteiger partial charge in [-0.3, -0.25) is 4.40 Å². The zero-order chi connectivity index (χ0) is 11.0. The molecular weight excluding hydrogens is 264 g/mol. The molecule has 0 unspecified atom stereocenters. The minimum absolute atomic E-state index is 0.681. The predicted molar refractivity (Wildman–Crippen MR) is 68.7 cm³/mol. The van der Waals surface area contributed by atoms with E-state index in [-0.39, 0.29) is 0 Å². The number of hydrogen-bond donors (Lipinski definition) is 0. The molecule has 1 aliphatic rings. The fourth-order valence-electron chi connectivity index (χ4n) is 2.59. The molecular formula is C13H15BrN2. The van der Waals surface area contributed by atoms with Crippen LogP contribution in [0.2, 0.25) is 0 Å². The molecule has 1 fully saturated rings. The average molecular weight is 279 g/mol. The van der Waals surface area contributed by atoms with Crippen molar-refractivity contribution in [2.75, 3.05) is 0 Å². The van der Waals surface area contributed by atoms with Crippen LogP contribution in [0.25, 0.3) is 5.65 Å². The molecule has 1 saturated carbocycles. The first-order valence-electron chi connectivity index (χ1n) is 5.98. The van der Waals surface area contributed by atoms with Gasteiger partial charge in [0, 0.05) is 12.1 Å². The van der Waals surface area contributed by atoms with E-state index in [1.807, 2.05) is 6.07 Å². The van der Waals surface area contributed by atoms with E-state index in [2.05, 4.69) is 38.7 Å². The van der Waals surface area contributed by atoms with E-state index in [4.69, 9.17) is 4.98 Å². The van der Waals surface area contributed by atoms with E-state index in [9.17, 15) is 0 Å². The lowest BCUT2D eigenvalue weighted by molar-refractivity contribution is 0.438. The Morgan fingerprint density at radius 3 is 2.75 bits per heavy atom. The fraction of sp³-hybridized carbons (Fsp3) is 0.462. The third kappa shape index (κ3) is 1.77. The van der Waals surface area contributed by atoms with E-state index in [1.165, 1.54) is 37.8 Å². The normalized spacial score (nSPS) is 18.1. The zero-order valence-electron chi connectivity index (χ0n) is 9.19. The van der Waals surface area contributed by atoms with Crippen molar-refractivity contribution in [3.8, 4) is 0 Å². The van der Waals surface area contributed by atoms with Gasteiger partial charge in [-0.25, -0.2) is 4.98 Å². The minimum Gasteiger partial charge on any atom is -0.294 e. The molecule has 0 aromatic carbocycles. The van der Waals surface area contributed by atoms with Crippen molar-refractivity contribution in [1.29, 1.82) is 0 Å². The first-order chi connectivity index (χ1) is 7.84. The predicted octanol–water partition coefficient (Wildman–Crippen LogP) is 4.14. The number of fused-ring (bicyclic) bond motifs is 1. The minimum atomic E-state index is 0.681. The molecule has 3 heteroatoms. The van der Waals surface area contributed by atoms with Crippen molar-refractivity contribution in [2.45, 2.75) is 38.0 Å². The van der Waals surface area contributed by atoms with Gasteiger partial charge in [-0.15, -0.1) is 0 Å². The van der Waals surface area contributed by atoms with Gasteiger partial charge in [0.25, 0.3) is 0 Å². The van der Waals surface area contributed by atoms with Crippen molar-refractivity contribution in [1.82, 2.24) is 9.38 Å². The highest BCUT2D eigenvalue weighted by Gasteiger charge is 2.18. The summed E-state index contributed by atoms with van der Waals surface area (Å²) in [6, 6.07) is 6.16. The van der Waals surface area contributed by atoms with Crippen LogP contribution in [0.1, 0.15) is 43.7 Å². The van der Waals surface area contributed by atoms with Crippen molar-refractivity contribution >= 4 is 21.6 Å². The Balaban J connectivity index is 2.01. The number of rotatable bonds is 1. The molecule has 2 heterocycles. The Hall–Kier alpha value is -0.830. The highest BCUT2D eigenvalue weighted by atomic mass is 79.9. The van der Waals surface area contributed by atoms with Gasteiger partial charge in [-0.1, -0.05) is 25.3 Å². The lowest BCUT2D eigenvalue weighted by Gasteiger charge is -2.19. The molecule has 0 atom stereocenters. The van der Waals surface area contributed by atoms with E-state index in [0.717, 1.165) is 10.3 Å². The van der Waals surface area contributed by atoms with Gasteiger partial charge >= 0.3 is 0 Å². The Morgan fingerprint density at radius 2 is 2.00 bits per heavy atom. The van der Waals surface area contributed by atoms with Crippen LogP contribution < -0.4 is 0 Å². The molecule has 2 nitrogen and oxygen atoms in total. The number of imidazole rings is 1. The molecule has 2 aromatic heterocycles. The average Bonchev–Trinajstić information content (AvgIpc) is 2.76. The smallest absolute Gasteiger partial charge is 0.137 e. The second-order valence-electron chi connectivity index (χ2n) is 4.58. The Kier molecular flexibility index (Phi) is 2.72. The van der Waals surface area contributed by atoms with Crippen molar-refractivity contribution in [3.63, 3.8) is 0 Å². The Labute approximate surface area is 104 Å². The molecule has 16 heavy (non-hydrogen) atoms. The summed E-state index contributed by atoms with van der Waals surface area (Å²) in [5.41, 5.74) is 2.32. The molecule has 0 aliphatic heterocycles. The van der Waals surface area contributed by atoms with Crippen LogP contribution in [0.4, 0.5) is 0 Å². The summed E-state index contributed by atoms with van der Waals surface area (Å²) in [5.74, 6) is 0.681. The molecule has 0 radical (unpaired) electrons. The first kappa shape index (κ1) is 10.3. The van der Waals surface area contributed by atoms with Crippen molar-refractivity contribution in [2.24, 2.45) is 0 Å². The highest BCUT2D eigenvalue weighted by molar-refractivity contribution is 9.10. The van der Waals surface area contributed by atoms with Crippen LogP contribution in [0, 0.1) is 0 Å². The third-order valence-electron chi connectivity index (χ3n) is 3.48. The number of aromatic nitrogens is 2. The van der Waals surface area contributed by atoms with Gasteiger partial charge in [0.1, 0.15) is 5.65 Å². The second-order valence-corrected chi connectivity index (χ2v) is 5.39. The summed E-state index contributed by atoms with van der Waals surface area (Å²) in [6.07, 6.45) is 8.92. The van der Waals surface area contributed by atoms with Crippen LogP contribution in [0.15, 0.2) is 29.0 Å². The first-order valence-corrected chi connectivity index (χ1v) is 6.77. The third-order valence-corrected chi connectivity index (χ3v) is 4.13. The lowest BCUT2D eigenvalue weighted by Crippen LogP contribution is -2.04. The van der Waals surface area contributed by atoms with Crippen LogP contribution in [0.5, 0.6) is 0 Å². The maximum Gasteiger partial charge on any atom is 0.137 e. The Bertz CT molecular complexity index is 498. The molecule has 84 valence electrons. The molecule has 3 rings (SSSR count). The Morgan fingerprint density at radius 1 is 1.19 bits per heavy atom. The van der Waals surface area contributed by atoms with Crippen LogP contribution >= 0.6 is 15.9 Å². The maximum atomic E-state index is 4.73.